The first kappa shape index (κ1) is 13.8. The van der Waals surface area contributed by atoms with Gasteiger partial charge in [0.1, 0.15) is 0 Å². The van der Waals surface area contributed by atoms with Crippen molar-refractivity contribution < 1.29 is 9.69 Å². The third-order valence-corrected chi connectivity index (χ3v) is 2.49. The summed E-state index contributed by atoms with van der Waals surface area (Å²) in [7, 11) is 4.18. The number of amides is 2. The molecule has 3 N–H and O–H groups in total. The van der Waals surface area contributed by atoms with Crippen molar-refractivity contribution in [3.63, 3.8) is 0 Å². The van der Waals surface area contributed by atoms with Gasteiger partial charge in [0.15, 0.2) is 0 Å². The molecule has 17 heavy (non-hydrogen) atoms. The van der Waals surface area contributed by atoms with Gasteiger partial charge in [-0.1, -0.05) is 11.6 Å². The Kier molecular flexibility index (Phi) is 5.80. The minimum absolute atomic E-state index is 0.180. The van der Waals surface area contributed by atoms with Gasteiger partial charge in [-0.2, -0.15) is 0 Å². The predicted octanol–water partition coefficient (Wildman–Crippen LogP) is 0.996. The van der Waals surface area contributed by atoms with Crippen LogP contribution in [0, 0.1) is 0 Å². The number of halogens is 1. The van der Waals surface area contributed by atoms with Crippen LogP contribution in [0.1, 0.15) is 6.42 Å². The molecule has 0 aliphatic heterocycles. The molecule has 0 saturated heterocycles. The molecule has 1 aromatic rings. The Labute approximate surface area is 107 Å². The molecular formula is C12H19ClN3O+. The lowest BCUT2D eigenvalue weighted by Crippen LogP contribution is -3.05. The molecule has 0 unspecified atom stereocenters. The molecule has 0 aliphatic carbocycles. The minimum atomic E-state index is -0.180. The SMILES string of the molecule is C[NH+](C)CCCNC(=O)Nc1ccc(Cl)cc1. The largest absolute Gasteiger partial charge is 0.340 e. The molecule has 1 rings (SSSR count). The van der Waals surface area contributed by atoms with Crippen LogP contribution in [0.25, 0.3) is 0 Å². The van der Waals surface area contributed by atoms with Crippen molar-refractivity contribution >= 4 is 23.3 Å². The van der Waals surface area contributed by atoms with Gasteiger partial charge in [0.2, 0.25) is 0 Å². The zero-order valence-electron chi connectivity index (χ0n) is 10.2. The van der Waals surface area contributed by atoms with E-state index in [4.69, 9.17) is 11.6 Å². The van der Waals surface area contributed by atoms with Gasteiger partial charge in [-0.25, -0.2) is 4.79 Å². The Balaban J connectivity index is 2.23. The van der Waals surface area contributed by atoms with E-state index in [1.165, 1.54) is 4.90 Å². The molecule has 0 heterocycles. The molecule has 0 bridgehead atoms. The maximum Gasteiger partial charge on any atom is 0.319 e. The zero-order valence-corrected chi connectivity index (χ0v) is 11.0. The van der Waals surface area contributed by atoms with Crippen molar-refractivity contribution in [2.45, 2.75) is 6.42 Å². The van der Waals surface area contributed by atoms with Crippen LogP contribution < -0.4 is 15.5 Å². The molecular weight excluding hydrogens is 238 g/mol. The van der Waals surface area contributed by atoms with Gasteiger partial charge in [0.05, 0.1) is 20.6 Å². The van der Waals surface area contributed by atoms with Crippen LogP contribution in [0.3, 0.4) is 0 Å². The highest BCUT2D eigenvalue weighted by Gasteiger charge is 2.01. The van der Waals surface area contributed by atoms with Crippen molar-refractivity contribution in [1.29, 1.82) is 0 Å². The van der Waals surface area contributed by atoms with E-state index in [9.17, 15) is 4.79 Å². The van der Waals surface area contributed by atoms with Crippen LogP contribution >= 0.6 is 11.6 Å². The summed E-state index contributed by atoms with van der Waals surface area (Å²) in [5, 5.41) is 6.20. The molecule has 4 nitrogen and oxygen atoms in total. The number of nitrogens with one attached hydrogen (secondary N) is 3. The second-order valence-corrected chi connectivity index (χ2v) is 4.63. The van der Waals surface area contributed by atoms with Crippen LogP contribution in [0.4, 0.5) is 10.5 Å². The smallest absolute Gasteiger partial charge is 0.319 e. The van der Waals surface area contributed by atoms with Crippen LogP contribution in [-0.2, 0) is 0 Å². The van der Waals surface area contributed by atoms with Crippen molar-refractivity contribution in [2.75, 3.05) is 32.5 Å². The van der Waals surface area contributed by atoms with Crippen LogP contribution in [-0.4, -0.2) is 33.2 Å². The molecule has 0 aliphatic rings. The second kappa shape index (κ2) is 7.14. The molecule has 0 saturated carbocycles. The van der Waals surface area contributed by atoms with E-state index in [-0.39, 0.29) is 6.03 Å². The Bertz CT molecular complexity index is 351. The normalized spacial score (nSPS) is 10.4. The van der Waals surface area contributed by atoms with Gasteiger partial charge in [-0.05, 0) is 24.3 Å². The third kappa shape index (κ3) is 6.14. The molecule has 0 spiro atoms. The molecule has 0 fully saturated rings. The average Bonchev–Trinajstić information content (AvgIpc) is 2.27. The molecule has 5 heteroatoms. The van der Waals surface area contributed by atoms with Gasteiger partial charge < -0.3 is 15.5 Å². The third-order valence-electron chi connectivity index (χ3n) is 2.24. The van der Waals surface area contributed by atoms with Gasteiger partial charge in [0, 0.05) is 23.7 Å². The van der Waals surface area contributed by atoms with Crippen molar-refractivity contribution in [3.8, 4) is 0 Å². The molecule has 0 atom stereocenters. The minimum Gasteiger partial charge on any atom is -0.340 e. The summed E-state index contributed by atoms with van der Waals surface area (Å²) in [5.41, 5.74) is 0.741. The number of benzene rings is 1. The van der Waals surface area contributed by atoms with Crippen molar-refractivity contribution in [3.05, 3.63) is 29.3 Å². The Morgan fingerprint density at radius 3 is 2.53 bits per heavy atom. The van der Waals surface area contributed by atoms with Crippen molar-refractivity contribution in [1.82, 2.24) is 5.32 Å². The van der Waals surface area contributed by atoms with E-state index in [2.05, 4.69) is 24.7 Å². The van der Waals surface area contributed by atoms with E-state index in [1.807, 2.05) is 0 Å². The van der Waals surface area contributed by atoms with E-state index in [0.717, 1.165) is 18.7 Å². The van der Waals surface area contributed by atoms with Gasteiger partial charge in [-0.3, -0.25) is 0 Å². The highest BCUT2D eigenvalue weighted by Crippen LogP contribution is 2.12. The van der Waals surface area contributed by atoms with Crippen LogP contribution in [0.15, 0.2) is 24.3 Å². The first-order valence-electron chi connectivity index (χ1n) is 5.67. The van der Waals surface area contributed by atoms with Crippen LogP contribution in [0.2, 0.25) is 5.02 Å². The number of hydrogen-bond donors (Lipinski definition) is 3. The molecule has 1 aromatic carbocycles. The highest BCUT2D eigenvalue weighted by molar-refractivity contribution is 6.30. The summed E-state index contributed by atoms with van der Waals surface area (Å²) in [6.07, 6.45) is 0.969. The van der Waals surface area contributed by atoms with Crippen LogP contribution in [0.5, 0.6) is 0 Å². The Hall–Kier alpha value is -1.26. The van der Waals surface area contributed by atoms with E-state index in [1.54, 1.807) is 24.3 Å². The van der Waals surface area contributed by atoms with Crippen molar-refractivity contribution in [2.24, 2.45) is 0 Å². The standard InChI is InChI=1S/C12H18ClN3O/c1-16(2)9-3-8-14-12(17)15-11-6-4-10(13)5-7-11/h4-7H,3,8-9H2,1-2H3,(H2,14,15,17)/p+1. The Morgan fingerprint density at radius 1 is 1.29 bits per heavy atom. The molecule has 94 valence electrons. The lowest BCUT2D eigenvalue weighted by molar-refractivity contribution is -0.858. The number of carbonyl (C=O) groups excluding carboxylic acids is 1. The van der Waals surface area contributed by atoms with Gasteiger partial charge in [-0.15, -0.1) is 0 Å². The summed E-state index contributed by atoms with van der Waals surface area (Å²) in [6, 6.07) is 6.85. The predicted molar refractivity (Wildman–Crippen MR) is 70.8 cm³/mol. The van der Waals surface area contributed by atoms with Gasteiger partial charge in [0.25, 0.3) is 0 Å². The number of anilines is 1. The van der Waals surface area contributed by atoms with E-state index >= 15 is 0 Å². The lowest BCUT2D eigenvalue weighted by Gasteiger charge is -2.09. The summed E-state index contributed by atoms with van der Waals surface area (Å²) < 4.78 is 0. The number of rotatable bonds is 5. The number of urea groups is 1. The van der Waals surface area contributed by atoms with Gasteiger partial charge >= 0.3 is 6.03 Å². The fourth-order valence-electron chi connectivity index (χ4n) is 1.35. The first-order chi connectivity index (χ1) is 8.08. The number of carbonyl (C=O) groups is 1. The second-order valence-electron chi connectivity index (χ2n) is 4.20. The maximum absolute atomic E-state index is 11.5. The fraction of sp³-hybridized carbons (Fsp3) is 0.417. The molecule has 0 aromatic heterocycles. The topological polar surface area (TPSA) is 45.6 Å². The average molecular weight is 257 g/mol. The van der Waals surface area contributed by atoms with E-state index in [0.29, 0.717) is 11.6 Å². The molecule has 2 amide bonds. The Morgan fingerprint density at radius 2 is 1.94 bits per heavy atom. The summed E-state index contributed by atoms with van der Waals surface area (Å²) in [4.78, 5) is 12.9. The number of quaternary nitrogens is 1. The quantitative estimate of drug-likeness (QED) is 0.677. The van der Waals surface area contributed by atoms with E-state index < -0.39 is 0 Å². The number of hydrogen-bond acceptors (Lipinski definition) is 1. The first-order valence-corrected chi connectivity index (χ1v) is 6.05. The lowest BCUT2D eigenvalue weighted by atomic mass is 10.3. The summed E-state index contributed by atoms with van der Waals surface area (Å²) in [5.74, 6) is 0. The summed E-state index contributed by atoms with van der Waals surface area (Å²) >= 11 is 5.75. The molecule has 0 radical (unpaired) electrons. The monoisotopic (exact) mass is 256 g/mol. The zero-order chi connectivity index (χ0) is 12.7. The maximum atomic E-state index is 11.5. The summed E-state index contributed by atoms with van der Waals surface area (Å²) in [6.45, 7) is 1.73. The highest BCUT2D eigenvalue weighted by atomic mass is 35.5. The fourth-order valence-corrected chi connectivity index (χ4v) is 1.48.